The van der Waals surface area contributed by atoms with Gasteiger partial charge >= 0.3 is 0 Å². The van der Waals surface area contributed by atoms with Crippen molar-refractivity contribution in [2.24, 2.45) is 11.7 Å². The Labute approximate surface area is 124 Å². The number of carbonyl (C=O) groups is 1. The summed E-state index contributed by atoms with van der Waals surface area (Å²) in [6.07, 6.45) is 6.08. The number of nitrogens with one attached hydrogen (secondary N) is 1. The molecule has 1 aliphatic rings. The Balaban J connectivity index is 1.71. The number of fused-ring (bicyclic) bond motifs is 1. The first-order valence-electron chi connectivity index (χ1n) is 7.77. The number of furan rings is 1. The molecule has 4 heteroatoms. The molecule has 1 amide bonds. The number of para-hydroxylation sites is 1. The lowest BCUT2D eigenvalue weighted by atomic mass is 9.84. The second-order valence-electron chi connectivity index (χ2n) is 5.86. The quantitative estimate of drug-likeness (QED) is 0.907. The lowest BCUT2D eigenvalue weighted by Crippen LogP contribution is -2.45. The molecule has 0 spiro atoms. The van der Waals surface area contributed by atoms with E-state index in [1.165, 1.54) is 19.3 Å². The molecule has 0 aliphatic heterocycles. The highest BCUT2D eigenvalue weighted by atomic mass is 16.3. The molecular weight excluding hydrogens is 264 g/mol. The van der Waals surface area contributed by atoms with Gasteiger partial charge in [-0.3, -0.25) is 4.79 Å². The topological polar surface area (TPSA) is 68.3 Å². The van der Waals surface area contributed by atoms with E-state index in [2.05, 4.69) is 5.32 Å². The molecule has 1 unspecified atom stereocenters. The van der Waals surface area contributed by atoms with Crippen molar-refractivity contribution in [2.45, 2.75) is 38.1 Å². The van der Waals surface area contributed by atoms with Gasteiger partial charge < -0.3 is 15.5 Å². The zero-order valence-corrected chi connectivity index (χ0v) is 12.2. The largest absolute Gasteiger partial charge is 0.451 e. The standard InChI is InChI=1S/C17H22N2O2/c18-11-14(12-6-2-1-3-7-12)19-17(20)16-10-13-8-4-5-9-15(13)21-16/h4-5,8-10,12,14H,1-3,6-7,11,18H2,(H,19,20). The smallest absolute Gasteiger partial charge is 0.287 e. The number of rotatable bonds is 4. The number of hydrogen-bond acceptors (Lipinski definition) is 3. The van der Waals surface area contributed by atoms with Crippen molar-refractivity contribution >= 4 is 16.9 Å². The monoisotopic (exact) mass is 286 g/mol. The molecule has 112 valence electrons. The van der Waals surface area contributed by atoms with Gasteiger partial charge in [-0.25, -0.2) is 0 Å². The molecule has 1 saturated carbocycles. The van der Waals surface area contributed by atoms with E-state index < -0.39 is 0 Å². The normalized spacial score (nSPS) is 17.8. The summed E-state index contributed by atoms with van der Waals surface area (Å²) < 4.78 is 5.61. The van der Waals surface area contributed by atoms with Crippen molar-refractivity contribution < 1.29 is 9.21 Å². The third-order valence-electron chi connectivity index (χ3n) is 4.44. The van der Waals surface area contributed by atoms with Gasteiger partial charge in [-0.05, 0) is 30.9 Å². The maximum Gasteiger partial charge on any atom is 0.287 e. The van der Waals surface area contributed by atoms with Gasteiger partial charge in [0.1, 0.15) is 5.58 Å². The second-order valence-corrected chi connectivity index (χ2v) is 5.86. The number of benzene rings is 1. The number of carbonyl (C=O) groups excluding carboxylic acids is 1. The fraction of sp³-hybridized carbons (Fsp3) is 0.471. The Morgan fingerprint density at radius 1 is 1.29 bits per heavy atom. The highest BCUT2D eigenvalue weighted by molar-refractivity contribution is 5.96. The first kappa shape index (κ1) is 14.1. The van der Waals surface area contributed by atoms with E-state index in [9.17, 15) is 4.79 Å². The van der Waals surface area contributed by atoms with Crippen LogP contribution in [0.5, 0.6) is 0 Å². The van der Waals surface area contributed by atoms with E-state index in [0.717, 1.165) is 23.8 Å². The minimum Gasteiger partial charge on any atom is -0.451 e. The number of nitrogens with two attached hydrogens (primary N) is 1. The van der Waals surface area contributed by atoms with Crippen LogP contribution in [0, 0.1) is 5.92 Å². The van der Waals surface area contributed by atoms with Crippen LogP contribution >= 0.6 is 0 Å². The van der Waals surface area contributed by atoms with Gasteiger partial charge in [0.15, 0.2) is 5.76 Å². The Hall–Kier alpha value is -1.81. The van der Waals surface area contributed by atoms with Crippen molar-refractivity contribution in [3.63, 3.8) is 0 Å². The lowest BCUT2D eigenvalue weighted by molar-refractivity contribution is 0.0889. The summed E-state index contributed by atoms with van der Waals surface area (Å²) in [5.74, 6) is 0.703. The molecular formula is C17H22N2O2. The SMILES string of the molecule is NCC(NC(=O)c1cc2ccccc2o1)C1CCCCC1. The lowest BCUT2D eigenvalue weighted by Gasteiger charge is -2.29. The molecule has 1 aliphatic carbocycles. The summed E-state index contributed by atoms with van der Waals surface area (Å²) in [5.41, 5.74) is 6.60. The first-order chi connectivity index (χ1) is 10.3. The maximum absolute atomic E-state index is 12.4. The minimum atomic E-state index is -0.160. The molecule has 1 aromatic carbocycles. The van der Waals surface area contributed by atoms with Gasteiger partial charge in [0.2, 0.25) is 0 Å². The van der Waals surface area contributed by atoms with Crippen molar-refractivity contribution in [3.8, 4) is 0 Å². The van der Waals surface area contributed by atoms with Crippen molar-refractivity contribution in [3.05, 3.63) is 36.1 Å². The Bertz CT molecular complexity index is 581. The van der Waals surface area contributed by atoms with Gasteiger partial charge in [-0.15, -0.1) is 0 Å². The highest BCUT2D eigenvalue weighted by Crippen LogP contribution is 2.26. The van der Waals surface area contributed by atoms with Crippen LogP contribution in [0.1, 0.15) is 42.7 Å². The molecule has 3 rings (SSSR count). The number of hydrogen-bond donors (Lipinski definition) is 2. The van der Waals surface area contributed by atoms with Crippen LogP contribution in [0.3, 0.4) is 0 Å². The molecule has 1 heterocycles. The zero-order chi connectivity index (χ0) is 14.7. The van der Waals surface area contributed by atoms with Gasteiger partial charge in [0, 0.05) is 18.0 Å². The van der Waals surface area contributed by atoms with Gasteiger partial charge in [-0.1, -0.05) is 37.5 Å². The van der Waals surface area contributed by atoms with E-state index in [1.54, 1.807) is 6.07 Å². The molecule has 1 atom stereocenters. The minimum absolute atomic E-state index is 0.0472. The molecule has 21 heavy (non-hydrogen) atoms. The first-order valence-corrected chi connectivity index (χ1v) is 7.77. The van der Waals surface area contributed by atoms with E-state index in [0.29, 0.717) is 18.2 Å². The number of amides is 1. The average Bonchev–Trinajstić information content (AvgIpc) is 2.97. The van der Waals surface area contributed by atoms with E-state index >= 15 is 0 Å². The Kier molecular flexibility index (Phi) is 4.25. The van der Waals surface area contributed by atoms with E-state index in [1.807, 2.05) is 24.3 Å². The highest BCUT2D eigenvalue weighted by Gasteiger charge is 2.25. The Morgan fingerprint density at radius 3 is 2.76 bits per heavy atom. The van der Waals surface area contributed by atoms with Crippen LogP contribution in [0.25, 0.3) is 11.0 Å². The van der Waals surface area contributed by atoms with Crippen molar-refractivity contribution in [1.82, 2.24) is 5.32 Å². The average molecular weight is 286 g/mol. The molecule has 0 radical (unpaired) electrons. The molecule has 3 N–H and O–H groups in total. The third kappa shape index (κ3) is 3.10. The second kappa shape index (κ2) is 6.31. The maximum atomic E-state index is 12.4. The van der Waals surface area contributed by atoms with Crippen LogP contribution in [0.4, 0.5) is 0 Å². The fourth-order valence-electron chi connectivity index (χ4n) is 3.24. The summed E-state index contributed by atoms with van der Waals surface area (Å²) in [7, 11) is 0. The third-order valence-corrected chi connectivity index (χ3v) is 4.44. The summed E-state index contributed by atoms with van der Waals surface area (Å²) in [6.45, 7) is 0.483. The summed E-state index contributed by atoms with van der Waals surface area (Å²) in [5, 5.41) is 4.00. The summed E-state index contributed by atoms with van der Waals surface area (Å²) in [4.78, 5) is 12.4. The molecule has 0 bridgehead atoms. The predicted molar refractivity (Wildman–Crippen MR) is 83.1 cm³/mol. The molecule has 1 fully saturated rings. The van der Waals surface area contributed by atoms with E-state index in [-0.39, 0.29) is 11.9 Å². The van der Waals surface area contributed by atoms with Crippen molar-refractivity contribution in [2.75, 3.05) is 6.54 Å². The van der Waals surface area contributed by atoms with Crippen LogP contribution < -0.4 is 11.1 Å². The zero-order valence-electron chi connectivity index (χ0n) is 12.2. The summed E-state index contributed by atoms with van der Waals surface area (Å²) >= 11 is 0. The van der Waals surface area contributed by atoms with Crippen LogP contribution in [0.2, 0.25) is 0 Å². The predicted octanol–water partition coefficient (Wildman–Crippen LogP) is 3.07. The Morgan fingerprint density at radius 2 is 2.05 bits per heavy atom. The molecule has 1 aromatic heterocycles. The van der Waals surface area contributed by atoms with Gasteiger partial charge in [0.05, 0.1) is 0 Å². The van der Waals surface area contributed by atoms with E-state index in [4.69, 9.17) is 10.2 Å². The van der Waals surface area contributed by atoms with Crippen LogP contribution in [-0.2, 0) is 0 Å². The molecule has 0 saturated heterocycles. The molecule has 2 aromatic rings. The van der Waals surface area contributed by atoms with Gasteiger partial charge in [-0.2, -0.15) is 0 Å². The fourth-order valence-corrected chi connectivity index (χ4v) is 3.24. The molecule has 4 nitrogen and oxygen atoms in total. The van der Waals surface area contributed by atoms with Gasteiger partial charge in [0.25, 0.3) is 5.91 Å². The van der Waals surface area contributed by atoms with Crippen LogP contribution in [0.15, 0.2) is 34.7 Å². The van der Waals surface area contributed by atoms with Crippen molar-refractivity contribution in [1.29, 1.82) is 0 Å². The summed E-state index contributed by atoms with van der Waals surface area (Å²) in [6, 6.07) is 9.48. The van der Waals surface area contributed by atoms with Crippen LogP contribution in [-0.4, -0.2) is 18.5 Å².